The van der Waals surface area contributed by atoms with E-state index in [1.165, 1.54) is 7.11 Å². The summed E-state index contributed by atoms with van der Waals surface area (Å²) in [5.41, 5.74) is 1.50. The number of benzene rings is 1. The van der Waals surface area contributed by atoms with Crippen molar-refractivity contribution in [3.8, 4) is 0 Å². The molecule has 0 fully saturated rings. The Morgan fingerprint density at radius 3 is 2.10 bits per heavy atom. The van der Waals surface area contributed by atoms with Gasteiger partial charge in [0.2, 0.25) is 0 Å². The van der Waals surface area contributed by atoms with Crippen LogP contribution in [-0.4, -0.2) is 24.9 Å². The molecule has 20 heavy (non-hydrogen) atoms. The van der Waals surface area contributed by atoms with Gasteiger partial charge in [-0.2, -0.15) is 0 Å². The first kappa shape index (κ1) is 15.6. The molecule has 0 unspecified atom stereocenters. The first-order valence-corrected chi connectivity index (χ1v) is 6.22. The molecule has 1 aromatic carbocycles. The van der Waals surface area contributed by atoms with Gasteiger partial charge in [0.25, 0.3) is 11.8 Å². The monoisotopic (exact) mass is 275 g/mol. The number of esters is 1. The van der Waals surface area contributed by atoms with Gasteiger partial charge in [-0.3, -0.25) is 14.9 Å². The first-order chi connectivity index (χ1) is 9.51. The Morgan fingerprint density at radius 1 is 1.20 bits per heavy atom. The molecule has 106 valence electrons. The number of carbonyl (C=O) groups excluding carboxylic acids is 3. The number of amides is 2. The number of carbonyl (C=O) groups is 3. The predicted molar refractivity (Wildman–Crippen MR) is 74.3 cm³/mol. The smallest absolute Gasteiger partial charge is 0.333 e. The molecule has 0 bridgehead atoms. The maximum Gasteiger partial charge on any atom is 0.333 e. The lowest BCUT2D eigenvalue weighted by Gasteiger charge is -1.98. The molecule has 2 amide bonds. The lowest BCUT2D eigenvalue weighted by Crippen LogP contribution is -2.19. The van der Waals surface area contributed by atoms with Crippen molar-refractivity contribution in [3.63, 3.8) is 0 Å². The van der Waals surface area contributed by atoms with Crippen molar-refractivity contribution in [2.24, 2.45) is 0 Å². The Bertz CT molecular complexity index is 516. The number of fused-ring (bicyclic) bond motifs is 1. The van der Waals surface area contributed by atoms with E-state index in [2.05, 4.69) is 16.6 Å². The second-order valence-electron chi connectivity index (χ2n) is 4.17. The maximum absolute atomic E-state index is 10.9. The number of imide groups is 1. The first-order valence-electron chi connectivity index (χ1n) is 6.22. The molecule has 5 nitrogen and oxygen atoms in total. The van der Waals surface area contributed by atoms with Crippen LogP contribution in [0.2, 0.25) is 0 Å². The molecule has 0 aromatic heterocycles. The molecule has 5 heteroatoms. The van der Waals surface area contributed by atoms with Crippen LogP contribution in [0.15, 0.2) is 36.4 Å². The summed E-state index contributed by atoms with van der Waals surface area (Å²) < 4.78 is 4.43. The average Bonchev–Trinajstić information content (AvgIpc) is 2.75. The summed E-state index contributed by atoms with van der Waals surface area (Å²) in [5.74, 6) is -0.895. The Morgan fingerprint density at radius 2 is 1.70 bits per heavy atom. The van der Waals surface area contributed by atoms with Crippen LogP contribution in [0.3, 0.4) is 0 Å². The number of hydrogen-bond acceptors (Lipinski definition) is 4. The molecular formula is C15H17NO4. The number of ether oxygens (including phenoxy) is 1. The van der Waals surface area contributed by atoms with Crippen molar-refractivity contribution >= 4 is 17.8 Å². The molecule has 1 aromatic rings. The molecule has 1 N–H and O–H groups in total. The molecule has 0 spiro atoms. The minimum atomic E-state index is -0.300. The van der Waals surface area contributed by atoms with E-state index in [9.17, 15) is 14.4 Å². The summed E-state index contributed by atoms with van der Waals surface area (Å²) in [6.45, 7) is 5.53. The van der Waals surface area contributed by atoms with Gasteiger partial charge in [0, 0.05) is 5.57 Å². The zero-order valence-electron chi connectivity index (χ0n) is 11.6. The van der Waals surface area contributed by atoms with E-state index in [4.69, 9.17) is 0 Å². The van der Waals surface area contributed by atoms with Gasteiger partial charge in [-0.1, -0.05) is 32.1 Å². The van der Waals surface area contributed by atoms with Gasteiger partial charge >= 0.3 is 5.97 Å². The molecule has 0 saturated carbocycles. The minimum absolute atomic E-state index is 0.295. The Balaban J connectivity index is 0.000000206. The topological polar surface area (TPSA) is 72.5 Å². The maximum atomic E-state index is 10.9. The normalized spacial score (nSPS) is 11.9. The van der Waals surface area contributed by atoms with Crippen molar-refractivity contribution in [3.05, 3.63) is 47.5 Å². The zero-order chi connectivity index (χ0) is 15.1. The highest BCUT2D eigenvalue weighted by Crippen LogP contribution is 2.13. The van der Waals surface area contributed by atoms with E-state index >= 15 is 0 Å². The third-order valence-electron chi connectivity index (χ3n) is 2.67. The lowest BCUT2D eigenvalue weighted by molar-refractivity contribution is -0.136. The highest BCUT2D eigenvalue weighted by molar-refractivity contribution is 6.21. The van der Waals surface area contributed by atoms with Crippen molar-refractivity contribution in [1.82, 2.24) is 5.32 Å². The van der Waals surface area contributed by atoms with Crippen LogP contribution < -0.4 is 5.32 Å². The standard InChI is InChI=1S/C8H5NO2.C7H12O2/c10-7-5-3-1-2-4-6(5)8(11)9-7;1-4-5-6(2)7(8)9-3/h1-4H,(H,9,10,11);2,4-5H2,1,3H3. The predicted octanol–water partition coefficient (Wildman–Crippen LogP) is 2.09. The fourth-order valence-corrected chi connectivity index (χ4v) is 1.67. The molecule has 0 atom stereocenters. The Kier molecular flexibility index (Phi) is 5.65. The summed E-state index contributed by atoms with van der Waals surface area (Å²) in [5, 5.41) is 2.20. The van der Waals surface area contributed by atoms with Crippen LogP contribution in [0, 0.1) is 0 Å². The summed E-state index contributed by atoms with van der Waals surface area (Å²) in [4.78, 5) is 32.5. The third-order valence-corrected chi connectivity index (χ3v) is 2.67. The molecule has 0 radical (unpaired) electrons. The molecule has 1 heterocycles. The fourth-order valence-electron chi connectivity index (χ4n) is 1.67. The average molecular weight is 275 g/mol. The van der Waals surface area contributed by atoms with Gasteiger partial charge in [-0.25, -0.2) is 4.79 Å². The van der Waals surface area contributed by atoms with E-state index in [0.717, 1.165) is 12.8 Å². The fraction of sp³-hybridized carbons (Fsp3) is 0.267. The molecule has 2 rings (SSSR count). The van der Waals surface area contributed by atoms with E-state index in [0.29, 0.717) is 16.7 Å². The van der Waals surface area contributed by atoms with Gasteiger partial charge in [0.05, 0.1) is 18.2 Å². The zero-order valence-corrected chi connectivity index (χ0v) is 11.6. The van der Waals surface area contributed by atoms with Gasteiger partial charge in [0.1, 0.15) is 0 Å². The van der Waals surface area contributed by atoms with E-state index in [1.807, 2.05) is 6.92 Å². The third kappa shape index (κ3) is 3.78. The number of rotatable bonds is 3. The number of hydrogen-bond donors (Lipinski definition) is 1. The van der Waals surface area contributed by atoms with Gasteiger partial charge in [-0.15, -0.1) is 0 Å². The van der Waals surface area contributed by atoms with E-state index < -0.39 is 0 Å². The van der Waals surface area contributed by atoms with Gasteiger partial charge in [0.15, 0.2) is 0 Å². The molecule has 1 aliphatic rings. The van der Waals surface area contributed by atoms with Crippen LogP contribution in [0.1, 0.15) is 40.5 Å². The Hall–Kier alpha value is -2.43. The highest BCUT2D eigenvalue weighted by atomic mass is 16.5. The number of methoxy groups -OCH3 is 1. The lowest BCUT2D eigenvalue weighted by atomic mass is 10.1. The largest absolute Gasteiger partial charge is 0.466 e. The SMILES string of the molecule is C=C(CCC)C(=O)OC.O=C1NC(=O)c2ccccc21. The van der Waals surface area contributed by atoms with Crippen molar-refractivity contribution in [2.75, 3.05) is 7.11 Å². The van der Waals surface area contributed by atoms with E-state index in [1.54, 1.807) is 24.3 Å². The summed E-state index contributed by atoms with van der Waals surface area (Å²) in [6.07, 6.45) is 1.67. The quantitative estimate of drug-likeness (QED) is 0.521. The second kappa shape index (κ2) is 7.23. The molecule has 0 aliphatic carbocycles. The molecular weight excluding hydrogens is 258 g/mol. The summed E-state index contributed by atoms with van der Waals surface area (Å²) in [7, 11) is 1.36. The van der Waals surface area contributed by atoms with Crippen molar-refractivity contribution < 1.29 is 19.1 Å². The molecule has 0 saturated heterocycles. The summed E-state index contributed by atoms with van der Waals surface area (Å²) in [6, 6.07) is 6.74. The van der Waals surface area contributed by atoms with Crippen LogP contribution in [0.5, 0.6) is 0 Å². The molecule has 1 aliphatic heterocycles. The van der Waals surface area contributed by atoms with Crippen LogP contribution in [0.4, 0.5) is 0 Å². The summed E-state index contributed by atoms with van der Waals surface area (Å²) >= 11 is 0. The van der Waals surface area contributed by atoms with Crippen LogP contribution in [0.25, 0.3) is 0 Å². The van der Waals surface area contributed by atoms with Crippen LogP contribution >= 0.6 is 0 Å². The Labute approximate surface area is 117 Å². The second-order valence-corrected chi connectivity index (χ2v) is 4.17. The minimum Gasteiger partial charge on any atom is -0.466 e. The number of nitrogens with one attached hydrogen (secondary N) is 1. The van der Waals surface area contributed by atoms with Gasteiger partial charge < -0.3 is 4.74 Å². The van der Waals surface area contributed by atoms with E-state index in [-0.39, 0.29) is 17.8 Å². The van der Waals surface area contributed by atoms with Crippen molar-refractivity contribution in [2.45, 2.75) is 19.8 Å². The van der Waals surface area contributed by atoms with Crippen molar-refractivity contribution in [1.29, 1.82) is 0 Å². The highest BCUT2D eigenvalue weighted by Gasteiger charge is 2.25. The van der Waals surface area contributed by atoms with Gasteiger partial charge in [-0.05, 0) is 18.6 Å². The van der Waals surface area contributed by atoms with Crippen LogP contribution in [-0.2, 0) is 9.53 Å².